The van der Waals surface area contributed by atoms with Crippen LogP contribution in [-0.4, -0.2) is 101 Å². The first-order valence-corrected chi connectivity index (χ1v) is 23.3. The third-order valence-electron chi connectivity index (χ3n) is 11.4. The molecule has 0 aliphatic carbocycles. The van der Waals surface area contributed by atoms with Crippen molar-refractivity contribution in [3.05, 3.63) is 41.4 Å². The van der Waals surface area contributed by atoms with Crippen molar-refractivity contribution < 1.29 is 23.7 Å². The molecule has 0 N–H and O–H groups in total. The largest absolute Gasteiger partial charge is 0.377 e. The van der Waals surface area contributed by atoms with Crippen LogP contribution in [0, 0.1) is 0 Å². The monoisotopic (exact) mass is 829 g/mol. The van der Waals surface area contributed by atoms with Crippen molar-refractivity contribution in [2.75, 3.05) is 102 Å². The number of hydrogen-bond donors (Lipinski definition) is 0. The second-order valence-corrected chi connectivity index (χ2v) is 16.0. The molecule has 0 saturated carbocycles. The van der Waals surface area contributed by atoms with Crippen molar-refractivity contribution in [1.29, 1.82) is 0 Å². The zero-order chi connectivity index (χ0) is 42.2. The van der Waals surface area contributed by atoms with Gasteiger partial charge in [0.25, 0.3) is 22.2 Å². The van der Waals surface area contributed by atoms with E-state index in [0.29, 0.717) is 103 Å². The fourth-order valence-corrected chi connectivity index (χ4v) is 8.12. The van der Waals surface area contributed by atoms with Crippen molar-refractivity contribution in [2.24, 2.45) is 0 Å². The van der Waals surface area contributed by atoms with E-state index in [1.807, 2.05) is 4.90 Å². The molecular formula is C46H76N4O9. The van der Waals surface area contributed by atoms with Gasteiger partial charge in [0, 0.05) is 39.3 Å². The highest BCUT2D eigenvalue weighted by atomic mass is 16.6. The Kier molecular flexibility index (Phi) is 22.8. The van der Waals surface area contributed by atoms with Crippen LogP contribution in [0.3, 0.4) is 0 Å². The highest BCUT2D eigenvalue weighted by Gasteiger charge is 2.33. The minimum atomic E-state index is -0.400. The van der Waals surface area contributed by atoms with Gasteiger partial charge in [-0.25, -0.2) is 0 Å². The summed E-state index contributed by atoms with van der Waals surface area (Å²) in [5.41, 5.74) is -0.745. The molecule has 1 fully saturated rings. The maximum Gasteiger partial charge on any atom is 0.263 e. The van der Waals surface area contributed by atoms with Gasteiger partial charge in [0.2, 0.25) is 0 Å². The molecule has 1 aromatic carbocycles. The topological polar surface area (TPSA) is 131 Å². The summed E-state index contributed by atoms with van der Waals surface area (Å²) in [5, 5.41) is 0.970. The molecule has 13 nitrogen and oxygen atoms in total. The van der Waals surface area contributed by atoms with E-state index in [-0.39, 0.29) is 59.0 Å². The van der Waals surface area contributed by atoms with Gasteiger partial charge in [-0.1, -0.05) is 105 Å². The second kappa shape index (κ2) is 27.7. The summed E-state index contributed by atoms with van der Waals surface area (Å²) >= 11 is 0. The number of rotatable bonds is 22. The predicted molar refractivity (Wildman–Crippen MR) is 240 cm³/mol. The van der Waals surface area contributed by atoms with Gasteiger partial charge in [-0.15, -0.1) is 0 Å². The molecule has 2 aromatic heterocycles. The summed E-state index contributed by atoms with van der Waals surface area (Å²) in [4.78, 5) is 63.8. The highest BCUT2D eigenvalue weighted by Crippen LogP contribution is 2.39. The van der Waals surface area contributed by atoms with Crippen LogP contribution < -0.4 is 32.0 Å². The van der Waals surface area contributed by atoms with E-state index in [1.165, 1.54) is 9.13 Å². The molecule has 0 amide bonds. The zero-order valence-corrected chi connectivity index (χ0v) is 37.1. The summed E-state index contributed by atoms with van der Waals surface area (Å²) in [6.45, 7) is 14.8. The van der Waals surface area contributed by atoms with Gasteiger partial charge in [0.15, 0.2) is 0 Å². The molecule has 0 spiro atoms. The maximum atomic E-state index is 14.9. The lowest BCUT2D eigenvalue weighted by Gasteiger charge is -2.29. The number of unbranched alkanes of at least 4 members (excludes halogenated alkanes) is 12. The molecule has 13 heteroatoms. The van der Waals surface area contributed by atoms with E-state index < -0.39 is 11.1 Å². The minimum Gasteiger partial charge on any atom is -0.377 e. The Morgan fingerprint density at radius 3 is 1.10 bits per heavy atom. The van der Waals surface area contributed by atoms with E-state index >= 15 is 0 Å². The average molecular weight is 829 g/mol. The minimum absolute atomic E-state index is 0.226. The molecule has 4 rings (SSSR count). The molecule has 0 atom stereocenters. The Bertz CT molecular complexity index is 1720. The number of aromatic nitrogens is 2. The molecule has 1 saturated heterocycles. The lowest BCUT2D eigenvalue weighted by atomic mass is 10.0. The molecule has 1 aliphatic rings. The van der Waals surface area contributed by atoms with Gasteiger partial charge < -0.3 is 33.5 Å². The van der Waals surface area contributed by atoms with Gasteiger partial charge in [-0.2, -0.15) is 0 Å². The van der Waals surface area contributed by atoms with Crippen molar-refractivity contribution in [1.82, 2.24) is 9.13 Å². The van der Waals surface area contributed by atoms with Crippen LogP contribution in [0.5, 0.6) is 0 Å². The smallest absolute Gasteiger partial charge is 0.263 e. The molecule has 59 heavy (non-hydrogen) atoms. The Hall–Kier alpha value is -3.10. The number of anilines is 2. The van der Waals surface area contributed by atoms with Crippen molar-refractivity contribution in [3.63, 3.8) is 0 Å². The maximum absolute atomic E-state index is 14.9. The summed E-state index contributed by atoms with van der Waals surface area (Å²) in [6.07, 6.45) is 15.6. The third-order valence-corrected chi connectivity index (χ3v) is 11.4. The van der Waals surface area contributed by atoms with Gasteiger partial charge >= 0.3 is 0 Å². The number of fused-ring (bicyclic) bond motifs is 2. The van der Waals surface area contributed by atoms with Crippen LogP contribution in [0.4, 0.5) is 11.4 Å². The summed E-state index contributed by atoms with van der Waals surface area (Å²) in [5.74, 6) is 0. The van der Waals surface area contributed by atoms with E-state index in [2.05, 4.69) is 32.6 Å². The van der Waals surface area contributed by atoms with Crippen molar-refractivity contribution in [3.8, 4) is 0 Å². The van der Waals surface area contributed by atoms with E-state index in [1.54, 1.807) is 0 Å². The first-order valence-electron chi connectivity index (χ1n) is 23.3. The number of hydrogen-bond acceptors (Lipinski definition) is 11. The molecule has 0 bridgehead atoms. The molecule has 1 aliphatic heterocycles. The number of ether oxygens (including phenoxy) is 5. The predicted octanol–water partition coefficient (Wildman–Crippen LogP) is 6.94. The molecule has 3 aromatic rings. The second-order valence-electron chi connectivity index (χ2n) is 16.0. The van der Waals surface area contributed by atoms with E-state index in [0.717, 1.165) is 89.9 Å². The molecular weight excluding hydrogens is 753 g/mol. The summed E-state index contributed by atoms with van der Waals surface area (Å²) in [7, 11) is 0. The van der Waals surface area contributed by atoms with Crippen LogP contribution in [0.15, 0.2) is 19.2 Å². The molecule has 0 radical (unpaired) electrons. The SMILES string of the molecule is CCCCCCCCn1c(=O)c2c(N(CCCC)CCCC)c3c(=O)n(CCCCCCCC)c(=O)c3c(N3CCOCCOCCOCCOCCOCC3)c2c1=O. The summed E-state index contributed by atoms with van der Waals surface area (Å²) < 4.78 is 31.8. The average Bonchev–Trinajstić information content (AvgIpc) is 3.63. The van der Waals surface area contributed by atoms with E-state index in [4.69, 9.17) is 23.7 Å². The Balaban J connectivity index is 1.95. The Morgan fingerprint density at radius 1 is 0.407 bits per heavy atom. The third kappa shape index (κ3) is 14.0. The Labute approximate surface area is 351 Å². The van der Waals surface area contributed by atoms with Crippen LogP contribution in [0.2, 0.25) is 0 Å². The fraction of sp³-hybridized carbons (Fsp3) is 0.783. The fourth-order valence-electron chi connectivity index (χ4n) is 8.12. The van der Waals surface area contributed by atoms with Gasteiger partial charge in [0.05, 0.1) is 99.0 Å². The van der Waals surface area contributed by atoms with Crippen molar-refractivity contribution >= 4 is 32.9 Å². The quantitative estimate of drug-likeness (QED) is 0.0977. The first kappa shape index (κ1) is 48.6. The van der Waals surface area contributed by atoms with Crippen LogP contribution in [0.25, 0.3) is 21.5 Å². The molecule has 0 unspecified atom stereocenters. The standard InChI is InChI=1S/C46H76N4O9/c1-5-9-13-15-17-19-23-49-43(51)37-39(45(49)53)42(48-25-27-55-29-31-57-33-35-59-36-34-58-32-30-56-28-26-48)40-38(41(37)47(21-11-7-3)22-12-8-4)44(52)50(46(40)54)24-20-18-16-14-10-6-2/h5-36H2,1-4H3. The number of benzene rings is 1. The first-order chi connectivity index (χ1) is 28.9. The molecule has 3 heterocycles. The lowest BCUT2D eigenvalue weighted by Crippen LogP contribution is -2.34. The normalized spacial score (nSPS) is 15.9. The van der Waals surface area contributed by atoms with Crippen LogP contribution in [-0.2, 0) is 36.8 Å². The summed E-state index contributed by atoms with van der Waals surface area (Å²) in [6, 6.07) is 0. The van der Waals surface area contributed by atoms with Crippen LogP contribution >= 0.6 is 0 Å². The van der Waals surface area contributed by atoms with Gasteiger partial charge in [-0.05, 0) is 25.7 Å². The zero-order valence-electron chi connectivity index (χ0n) is 37.1. The Morgan fingerprint density at radius 2 is 0.729 bits per heavy atom. The highest BCUT2D eigenvalue weighted by molar-refractivity contribution is 6.20. The number of nitrogens with zero attached hydrogens (tertiary/aromatic N) is 4. The van der Waals surface area contributed by atoms with Gasteiger partial charge in [-0.3, -0.25) is 28.3 Å². The van der Waals surface area contributed by atoms with E-state index in [9.17, 15) is 19.2 Å². The lowest BCUT2D eigenvalue weighted by molar-refractivity contribution is -0.0116. The van der Waals surface area contributed by atoms with Crippen molar-refractivity contribution in [2.45, 2.75) is 144 Å². The van der Waals surface area contributed by atoms with Gasteiger partial charge in [0.1, 0.15) is 0 Å². The molecule has 334 valence electrons. The van der Waals surface area contributed by atoms with Crippen LogP contribution in [0.1, 0.15) is 130 Å².